The normalized spacial score (nSPS) is 11.9. The van der Waals surface area contributed by atoms with E-state index in [1.54, 1.807) is 22.2 Å². The van der Waals surface area contributed by atoms with E-state index in [2.05, 4.69) is 234 Å². The summed E-state index contributed by atoms with van der Waals surface area (Å²) in [6.07, 6.45) is 5.71. The fraction of sp³-hybridized carbons (Fsp3) is 0.370. The van der Waals surface area contributed by atoms with E-state index in [-0.39, 0.29) is 28.5 Å². The molecule has 0 amide bonds. The lowest BCUT2D eigenvalue weighted by molar-refractivity contribution is 0.132. The van der Waals surface area contributed by atoms with Crippen LogP contribution in [0.5, 0.6) is 28.7 Å². The fourth-order valence-corrected chi connectivity index (χ4v) is 14.1. The first-order valence-electron chi connectivity index (χ1n) is 41.9. The highest BCUT2D eigenvalue weighted by molar-refractivity contribution is 7.13. The topological polar surface area (TPSA) is 222 Å². The number of rotatable bonds is 17. The predicted octanol–water partition coefficient (Wildman–Crippen LogP) is 26.2. The van der Waals surface area contributed by atoms with Crippen LogP contribution in [0.25, 0.3) is 105 Å². The number of nitrogens with one attached hydrogen (secondary N) is 2. The van der Waals surface area contributed by atoms with Crippen LogP contribution in [0, 0.1) is 41.5 Å². The number of nitrogens with zero attached hydrogens (tertiary/aromatic N) is 13. The van der Waals surface area contributed by atoms with Gasteiger partial charge in [0.15, 0.2) is 11.6 Å². The van der Waals surface area contributed by atoms with Crippen molar-refractivity contribution in [3.63, 3.8) is 0 Å². The first-order chi connectivity index (χ1) is 57.3. The highest BCUT2D eigenvalue weighted by Crippen LogP contribution is 2.40. The van der Waals surface area contributed by atoms with Crippen molar-refractivity contribution in [1.82, 2.24) is 64.4 Å². The summed E-state index contributed by atoms with van der Waals surface area (Å²) in [5.74, 6) is 7.55. The zero-order chi connectivity index (χ0) is 88.6. The summed E-state index contributed by atoms with van der Waals surface area (Å²) in [4.78, 5) is 42.2. The molecule has 0 aliphatic rings. The molecule has 0 fully saturated rings. The van der Waals surface area contributed by atoms with E-state index in [1.807, 2.05) is 165 Å². The van der Waals surface area contributed by atoms with Crippen LogP contribution in [0.1, 0.15) is 203 Å². The van der Waals surface area contributed by atoms with E-state index in [4.69, 9.17) is 70.2 Å². The van der Waals surface area contributed by atoms with Gasteiger partial charge >= 0.3 is 0 Å². The minimum atomic E-state index is -0.288. The Morgan fingerprint density at radius 3 is 1.35 bits per heavy atom. The lowest BCUT2D eigenvalue weighted by Gasteiger charge is -2.23. The lowest BCUT2D eigenvalue weighted by Crippen LogP contribution is -2.23. The van der Waals surface area contributed by atoms with E-state index in [1.165, 1.54) is 16.7 Å². The Hall–Kier alpha value is -11.7. The Morgan fingerprint density at radius 1 is 0.402 bits per heavy atom. The minimum absolute atomic E-state index is 0.0513. The maximum atomic E-state index is 6.54. The summed E-state index contributed by atoms with van der Waals surface area (Å²) in [6, 6.07) is 51.5. The summed E-state index contributed by atoms with van der Waals surface area (Å²) in [5.41, 5.74) is 15.9. The van der Waals surface area contributed by atoms with Crippen molar-refractivity contribution in [1.29, 1.82) is 0 Å². The molecule has 10 heterocycles. The Bertz CT molecular complexity index is 6030. The van der Waals surface area contributed by atoms with Crippen molar-refractivity contribution in [3.05, 3.63) is 220 Å². The Kier molecular flexibility index (Phi) is 28.5. The van der Waals surface area contributed by atoms with Crippen LogP contribution in [0.4, 0.5) is 11.6 Å². The molecule has 10 aromatic heterocycles. The first-order valence-corrected chi connectivity index (χ1v) is 43.2. The molecule has 22 heteroatoms. The molecule has 0 aliphatic heterocycles. The van der Waals surface area contributed by atoms with Gasteiger partial charge < -0.3 is 34.3 Å². The standard InChI is InChI=1S/C21H24ClN3O.C20H26N4O.C20H25N3O.C20H24N2OS.C19H21N3O/c1-12(2)23-19-8-6-7-16(24-19)17-11-18(26-13(3)4)15-10-9-14(5)20(22)21(15)25-17;1-13(2)21-18-9-10-24(23-18)19-12-17(25-20(4,5)6)15-8-7-14(3)11-16(15)22-19;1-13(2)23-10-9-16(22-23)18-12-19(24-20(4,5)6)15-8-7-14(3)11-17(15)21-18;1-12(2)17-11-24-19(22-17)16-10-18(23-20(4,5)6)14-8-7-13(3)9-15(14)21-16;1-12-6-7-14-15(10-12)22-16(11-17(14)23-19(3,4)5)18-20-9-8-13(2)21-18/h6-13H,1-5H3,(H,23,24);7-13H,1-6H3,(H,21,23);7-13H,1-6H3;7-12H,1-6H3;6-11H,1-5H3. The summed E-state index contributed by atoms with van der Waals surface area (Å²) >= 11 is 8.18. The Balaban J connectivity index is 0.000000149. The van der Waals surface area contributed by atoms with Gasteiger partial charge in [-0.25, -0.2) is 49.5 Å². The average molecular weight is 1680 g/mol. The lowest BCUT2D eigenvalue weighted by atomic mass is 10.1. The van der Waals surface area contributed by atoms with E-state index in [9.17, 15) is 0 Å². The van der Waals surface area contributed by atoms with E-state index in [0.717, 1.165) is 162 Å². The minimum Gasteiger partial charge on any atom is -0.490 e. The van der Waals surface area contributed by atoms with Gasteiger partial charge in [-0.15, -0.1) is 16.4 Å². The van der Waals surface area contributed by atoms with Crippen molar-refractivity contribution in [2.24, 2.45) is 0 Å². The second kappa shape index (κ2) is 38.2. The van der Waals surface area contributed by atoms with Crippen molar-refractivity contribution >= 4 is 89.1 Å². The molecule has 15 rings (SSSR count). The van der Waals surface area contributed by atoms with E-state index < -0.39 is 0 Å². The van der Waals surface area contributed by atoms with Crippen molar-refractivity contribution in [2.75, 3.05) is 10.6 Å². The molecule has 15 aromatic rings. The summed E-state index contributed by atoms with van der Waals surface area (Å²) in [6.45, 7) is 57.7. The molecule has 0 unspecified atom stereocenters. The molecule has 20 nitrogen and oxygen atoms in total. The fourth-order valence-electron chi connectivity index (χ4n) is 12.9. The quantitative estimate of drug-likeness (QED) is 0.0865. The molecule has 2 N–H and O–H groups in total. The summed E-state index contributed by atoms with van der Waals surface area (Å²) < 4.78 is 34.5. The van der Waals surface area contributed by atoms with Crippen LogP contribution in [0.3, 0.4) is 0 Å². The molecule has 0 saturated heterocycles. The van der Waals surface area contributed by atoms with Crippen molar-refractivity contribution in [3.8, 4) is 79.6 Å². The third-order valence-electron chi connectivity index (χ3n) is 18.3. The van der Waals surface area contributed by atoms with Gasteiger partial charge in [-0.1, -0.05) is 61.8 Å². The maximum absolute atomic E-state index is 6.54. The number of ether oxygens (including phenoxy) is 5. The van der Waals surface area contributed by atoms with Gasteiger partial charge in [-0.2, -0.15) is 5.10 Å². The van der Waals surface area contributed by atoms with Crippen LogP contribution in [-0.4, -0.2) is 105 Å². The zero-order valence-electron chi connectivity index (χ0n) is 76.3. The van der Waals surface area contributed by atoms with E-state index in [0.29, 0.717) is 34.9 Å². The van der Waals surface area contributed by atoms with Crippen molar-refractivity contribution in [2.45, 2.75) is 246 Å². The summed E-state index contributed by atoms with van der Waals surface area (Å²) in [7, 11) is 0. The van der Waals surface area contributed by atoms with Gasteiger partial charge in [0, 0.05) is 111 Å². The zero-order valence-corrected chi connectivity index (χ0v) is 77.8. The number of fused-ring (bicyclic) bond motifs is 5. The third-order valence-corrected chi connectivity index (χ3v) is 19.6. The summed E-state index contributed by atoms with van der Waals surface area (Å²) in [5, 5.41) is 24.6. The number of halogens is 1. The largest absolute Gasteiger partial charge is 0.490 e. The number of hydrogen-bond acceptors (Lipinski definition) is 19. The second-order valence-electron chi connectivity index (χ2n) is 36.4. The highest BCUT2D eigenvalue weighted by atomic mass is 35.5. The molecule has 638 valence electrons. The highest BCUT2D eigenvalue weighted by Gasteiger charge is 2.24. The van der Waals surface area contributed by atoms with Gasteiger partial charge in [-0.05, 0) is 293 Å². The number of benzene rings is 5. The van der Waals surface area contributed by atoms with Gasteiger partial charge in [0.2, 0.25) is 0 Å². The molecule has 0 saturated carbocycles. The average Bonchev–Trinajstić information content (AvgIpc) is 0.816. The smallest absolute Gasteiger partial charge is 0.178 e. The molecule has 0 spiro atoms. The maximum Gasteiger partial charge on any atom is 0.178 e. The number of aryl methyl sites for hydroxylation is 6. The molecular weight excluding hydrogens is 1560 g/mol. The first kappa shape index (κ1) is 91.1. The van der Waals surface area contributed by atoms with Crippen LogP contribution in [0.2, 0.25) is 5.02 Å². The van der Waals surface area contributed by atoms with Gasteiger partial charge in [-0.3, -0.25) is 4.68 Å². The van der Waals surface area contributed by atoms with Gasteiger partial charge in [0.1, 0.15) is 84.9 Å². The van der Waals surface area contributed by atoms with Crippen LogP contribution in [0.15, 0.2) is 176 Å². The van der Waals surface area contributed by atoms with E-state index >= 15 is 0 Å². The molecule has 0 atom stereocenters. The number of thiazole rings is 1. The number of anilines is 2. The Labute approximate surface area is 729 Å². The molecule has 5 aromatic carbocycles. The van der Waals surface area contributed by atoms with Crippen LogP contribution < -0.4 is 34.3 Å². The molecule has 122 heavy (non-hydrogen) atoms. The SMILES string of the molecule is Cc1ccc2c(OC(C)(C)C)cc(-c3ccn(C(C)C)n3)nc2c1.Cc1ccc2c(OC(C)(C)C)cc(-c3nc(C(C)C)cs3)nc2c1.Cc1ccc2c(OC(C)(C)C)cc(-c3nccc(C)n3)nc2c1.Cc1ccc2c(OC(C)(C)C)cc(-n3ccc(NC(C)C)n3)nc2c1.Cc1ccc2c(OC(C)C)cc(-c3cccc(NC(C)C)n3)nc2c1Cl. The predicted molar refractivity (Wildman–Crippen MR) is 505 cm³/mol. The number of aromatic nitrogens is 13. The van der Waals surface area contributed by atoms with Gasteiger partial charge in [0.05, 0.1) is 61.5 Å². The molecular formula is C100H120ClN15O5S. The second-order valence-corrected chi connectivity index (χ2v) is 37.6. The molecule has 0 aliphatic carbocycles. The number of hydrogen-bond donors (Lipinski definition) is 2. The Morgan fingerprint density at radius 2 is 0.869 bits per heavy atom. The number of pyridine rings is 6. The molecule has 0 radical (unpaired) electrons. The van der Waals surface area contributed by atoms with Gasteiger partial charge in [0.25, 0.3) is 0 Å². The van der Waals surface area contributed by atoms with Crippen LogP contribution >= 0.6 is 22.9 Å². The monoisotopic (exact) mass is 1680 g/mol. The van der Waals surface area contributed by atoms with Crippen molar-refractivity contribution < 1.29 is 23.7 Å². The molecule has 0 bridgehead atoms. The van der Waals surface area contributed by atoms with Crippen LogP contribution in [-0.2, 0) is 0 Å². The third kappa shape index (κ3) is 24.8.